The van der Waals surface area contributed by atoms with Crippen LogP contribution in [0.2, 0.25) is 0 Å². The van der Waals surface area contributed by atoms with Crippen molar-refractivity contribution in [3.63, 3.8) is 0 Å². The second-order valence-corrected chi connectivity index (χ2v) is 7.07. The predicted molar refractivity (Wildman–Crippen MR) is 97.6 cm³/mol. The molecule has 0 radical (unpaired) electrons. The van der Waals surface area contributed by atoms with Crippen LogP contribution in [0.15, 0.2) is 53.4 Å². The zero-order chi connectivity index (χ0) is 19.2. The van der Waals surface area contributed by atoms with Crippen LogP contribution < -0.4 is 20.1 Å². The molecule has 0 atom stereocenters. The summed E-state index contributed by atoms with van der Waals surface area (Å²) in [5.41, 5.74) is 1.00. The lowest BCUT2D eigenvalue weighted by Gasteiger charge is -2.09. The molecular formula is C17H19N3O5S. The zero-order valence-corrected chi connectivity index (χ0v) is 15.1. The van der Waals surface area contributed by atoms with Gasteiger partial charge >= 0.3 is 0 Å². The van der Waals surface area contributed by atoms with Gasteiger partial charge in [0.05, 0.1) is 18.6 Å². The number of nitrogens with one attached hydrogen (secondary N) is 3. The highest BCUT2D eigenvalue weighted by Gasteiger charge is 2.15. The van der Waals surface area contributed by atoms with Crippen molar-refractivity contribution < 1.29 is 22.7 Å². The molecule has 0 bridgehead atoms. The molecule has 0 aliphatic heterocycles. The van der Waals surface area contributed by atoms with Gasteiger partial charge in [-0.15, -0.1) is 0 Å². The zero-order valence-electron chi connectivity index (χ0n) is 14.3. The minimum atomic E-state index is -3.85. The van der Waals surface area contributed by atoms with Gasteiger partial charge in [0.25, 0.3) is 0 Å². The van der Waals surface area contributed by atoms with Gasteiger partial charge in [-0.2, -0.15) is 0 Å². The van der Waals surface area contributed by atoms with Gasteiger partial charge in [0.1, 0.15) is 5.75 Å². The van der Waals surface area contributed by atoms with Crippen LogP contribution in [0.4, 0.5) is 11.4 Å². The Hall–Kier alpha value is -2.91. The van der Waals surface area contributed by atoms with Crippen molar-refractivity contribution in [1.29, 1.82) is 0 Å². The number of anilines is 2. The standard InChI is InChI=1S/C17H19N3O5S/c1-12(21)19-13-5-9-16(10-6-13)26(23,24)18-11-17(22)20-14-3-7-15(25-2)8-4-14/h3-10,18H,11H2,1-2H3,(H,19,21)(H,20,22). The number of amides is 2. The van der Waals surface area contributed by atoms with E-state index in [2.05, 4.69) is 15.4 Å². The molecule has 2 rings (SSSR count). The molecule has 0 aliphatic carbocycles. The lowest BCUT2D eigenvalue weighted by molar-refractivity contribution is -0.115. The molecule has 0 heterocycles. The van der Waals surface area contributed by atoms with Gasteiger partial charge in [-0.05, 0) is 48.5 Å². The third-order valence-corrected chi connectivity index (χ3v) is 4.70. The molecular weight excluding hydrogens is 358 g/mol. The summed E-state index contributed by atoms with van der Waals surface area (Å²) in [7, 11) is -2.31. The first-order valence-corrected chi connectivity index (χ1v) is 9.10. The molecule has 9 heteroatoms. The first-order chi connectivity index (χ1) is 12.3. The number of carbonyl (C=O) groups is 2. The third-order valence-electron chi connectivity index (χ3n) is 3.28. The van der Waals surface area contributed by atoms with Crippen molar-refractivity contribution in [1.82, 2.24) is 4.72 Å². The van der Waals surface area contributed by atoms with Crippen LogP contribution in [0.5, 0.6) is 5.75 Å². The van der Waals surface area contributed by atoms with Gasteiger partial charge in [0, 0.05) is 18.3 Å². The summed E-state index contributed by atoms with van der Waals surface area (Å²) in [4.78, 5) is 22.9. The van der Waals surface area contributed by atoms with E-state index >= 15 is 0 Å². The maximum absolute atomic E-state index is 12.2. The molecule has 2 aromatic carbocycles. The maximum Gasteiger partial charge on any atom is 0.241 e. The van der Waals surface area contributed by atoms with Crippen LogP contribution in [-0.2, 0) is 19.6 Å². The van der Waals surface area contributed by atoms with Gasteiger partial charge < -0.3 is 15.4 Å². The summed E-state index contributed by atoms with van der Waals surface area (Å²) in [5, 5.41) is 5.12. The smallest absolute Gasteiger partial charge is 0.241 e. The largest absolute Gasteiger partial charge is 0.497 e. The summed E-state index contributed by atoms with van der Waals surface area (Å²) < 4.78 is 31.7. The molecule has 0 saturated heterocycles. The average Bonchev–Trinajstić information content (AvgIpc) is 2.61. The quantitative estimate of drug-likeness (QED) is 0.678. The van der Waals surface area contributed by atoms with E-state index in [1.54, 1.807) is 24.3 Å². The van der Waals surface area contributed by atoms with Crippen LogP contribution in [0.1, 0.15) is 6.92 Å². The molecule has 0 saturated carbocycles. The van der Waals surface area contributed by atoms with Crippen LogP contribution in [0.3, 0.4) is 0 Å². The molecule has 2 aromatic rings. The Balaban J connectivity index is 1.93. The maximum atomic E-state index is 12.2. The summed E-state index contributed by atoms with van der Waals surface area (Å²) in [6, 6.07) is 12.3. The topological polar surface area (TPSA) is 114 Å². The lowest BCUT2D eigenvalue weighted by atomic mass is 10.3. The summed E-state index contributed by atoms with van der Waals surface area (Å²) in [5.74, 6) is -0.117. The highest BCUT2D eigenvalue weighted by Crippen LogP contribution is 2.15. The molecule has 2 amide bonds. The molecule has 0 aliphatic rings. The van der Waals surface area contributed by atoms with Crippen LogP contribution in [-0.4, -0.2) is 33.9 Å². The Kier molecular flexibility index (Phi) is 6.31. The summed E-state index contributed by atoms with van der Waals surface area (Å²) in [6.07, 6.45) is 0. The number of ether oxygens (including phenoxy) is 1. The Labute approximate surface area is 151 Å². The molecule has 3 N–H and O–H groups in total. The highest BCUT2D eigenvalue weighted by molar-refractivity contribution is 7.89. The normalized spacial score (nSPS) is 10.8. The van der Waals surface area contributed by atoms with Crippen molar-refractivity contribution in [3.8, 4) is 5.75 Å². The number of hydrogen-bond acceptors (Lipinski definition) is 5. The Morgan fingerprint density at radius 1 is 0.923 bits per heavy atom. The van der Waals surface area contributed by atoms with E-state index in [0.717, 1.165) is 0 Å². The van der Waals surface area contributed by atoms with Crippen molar-refractivity contribution in [3.05, 3.63) is 48.5 Å². The number of rotatable bonds is 7. The molecule has 26 heavy (non-hydrogen) atoms. The predicted octanol–water partition coefficient (Wildman–Crippen LogP) is 1.57. The number of sulfonamides is 1. The number of benzene rings is 2. The minimum absolute atomic E-state index is 0.0103. The molecule has 0 unspecified atom stereocenters. The van der Waals surface area contributed by atoms with Crippen LogP contribution in [0.25, 0.3) is 0 Å². The first kappa shape index (κ1) is 19.4. The van der Waals surface area contributed by atoms with Crippen molar-refractivity contribution in [2.45, 2.75) is 11.8 Å². The van der Waals surface area contributed by atoms with Gasteiger partial charge in [-0.3, -0.25) is 9.59 Å². The summed E-state index contributed by atoms with van der Waals surface area (Å²) in [6.45, 7) is 0.940. The average molecular weight is 377 g/mol. The SMILES string of the molecule is COc1ccc(NC(=O)CNS(=O)(=O)c2ccc(NC(C)=O)cc2)cc1. The van der Waals surface area contributed by atoms with Gasteiger partial charge in [-0.25, -0.2) is 13.1 Å². The Morgan fingerprint density at radius 3 is 2.00 bits per heavy atom. The van der Waals surface area contributed by atoms with E-state index in [0.29, 0.717) is 17.1 Å². The van der Waals surface area contributed by atoms with Gasteiger partial charge in [-0.1, -0.05) is 0 Å². The van der Waals surface area contributed by atoms with Crippen molar-refractivity contribution in [2.24, 2.45) is 0 Å². The monoisotopic (exact) mass is 377 g/mol. The number of hydrogen-bond donors (Lipinski definition) is 3. The van der Waals surface area contributed by atoms with Gasteiger partial charge in [0.15, 0.2) is 0 Å². The third kappa shape index (κ3) is 5.57. The Bertz CT molecular complexity index is 878. The van der Waals surface area contributed by atoms with Gasteiger partial charge in [0.2, 0.25) is 21.8 Å². The van der Waals surface area contributed by atoms with E-state index in [9.17, 15) is 18.0 Å². The molecule has 0 fully saturated rings. The van der Waals surface area contributed by atoms with E-state index in [-0.39, 0.29) is 10.8 Å². The minimum Gasteiger partial charge on any atom is -0.497 e. The van der Waals surface area contributed by atoms with E-state index in [1.165, 1.54) is 38.3 Å². The van der Waals surface area contributed by atoms with Crippen molar-refractivity contribution in [2.75, 3.05) is 24.3 Å². The van der Waals surface area contributed by atoms with Crippen LogP contribution >= 0.6 is 0 Å². The Morgan fingerprint density at radius 2 is 1.46 bits per heavy atom. The fourth-order valence-electron chi connectivity index (χ4n) is 2.04. The molecule has 138 valence electrons. The lowest BCUT2D eigenvalue weighted by Crippen LogP contribution is -2.32. The second-order valence-electron chi connectivity index (χ2n) is 5.31. The van der Waals surface area contributed by atoms with E-state index in [1.807, 2.05) is 0 Å². The second kappa shape index (κ2) is 8.45. The first-order valence-electron chi connectivity index (χ1n) is 7.61. The number of carbonyl (C=O) groups excluding carboxylic acids is 2. The molecule has 0 aromatic heterocycles. The number of methoxy groups -OCH3 is 1. The van der Waals surface area contributed by atoms with E-state index < -0.39 is 22.5 Å². The van der Waals surface area contributed by atoms with Crippen molar-refractivity contribution >= 4 is 33.2 Å². The fourth-order valence-corrected chi connectivity index (χ4v) is 3.03. The highest BCUT2D eigenvalue weighted by atomic mass is 32.2. The van der Waals surface area contributed by atoms with Crippen LogP contribution in [0, 0.1) is 0 Å². The molecule has 8 nitrogen and oxygen atoms in total. The van der Waals surface area contributed by atoms with E-state index in [4.69, 9.17) is 4.74 Å². The fraction of sp³-hybridized carbons (Fsp3) is 0.176. The molecule has 0 spiro atoms. The summed E-state index contributed by atoms with van der Waals surface area (Å²) >= 11 is 0.